The molecule has 1 aliphatic rings. The summed E-state index contributed by atoms with van der Waals surface area (Å²) in [6.07, 6.45) is 10.7. The molecule has 1 aliphatic carbocycles. The Hall–Kier alpha value is -0.820. The van der Waals surface area contributed by atoms with Crippen LogP contribution >= 0.6 is 0 Å². The maximum Gasteiger partial charge on any atom is 0.0465 e. The van der Waals surface area contributed by atoms with Gasteiger partial charge in [0.1, 0.15) is 0 Å². The van der Waals surface area contributed by atoms with Gasteiger partial charge in [-0.25, -0.2) is 0 Å². The molecule has 0 aromatic rings. The van der Waals surface area contributed by atoms with Crippen LogP contribution in [0.25, 0.3) is 0 Å². The van der Waals surface area contributed by atoms with Crippen molar-refractivity contribution in [3.05, 3.63) is 35.5 Å². The van der Waals surface area contributed by atoms with E-state index in [2.05, 4.69) is 31.2 Å². The lowest BCUT2D eigenvalue weighted by molar-refractivity contribution is 0.195. The average molecular weight is 164 g/mol. The smallest absolute Gasteiger partial charge is 0.0465 e. The summed E-state index contributed by atoms with van der Waals surface area (Å²) < 4.78 is 5.00. The summed E-state index contributed by atoms with van der Waals surface area (Å²) in [7, 11) is 1.75. The zero-order chi connectivity index (χ0) is 8.81. The van der Waals surface area contributed by atoms with Crippen LogP contribution in [0, 0.1) is 0 Å². The molecule has 0 fully saturated rings. The van der Waals surface area contributed by atoms with Crippen molar-refractivity contribution in [3.63, 3.8) is 0 Å². The Morgan fingerprint density at radius 3 is 2.58 bits per heavy atom. The highest BCUT2D eigenvalue weighted by atomic mass is 16.5. The fourth-order valence-electron chi connectivity index (χ4n) is 1.28. The summed E-state index contributed by atoms with van der Waals surface area (Å²) in [6.45, 7) is 3.04. The van der Waals surface area contributed by atoms with E-state index in [1.165, 1.54) is 11.1 Å². The van der Waals surface area contributed by atoms with Crippen molar-refractivity contribution in [1.29, 1.82) is 0 Å². The molecular formula is C11H16O. The van der Waals surface area contributed by atoms with E-state index in [0.29, 0.717) is 0 Å². The van der Waals surface area contributed by atoms with Gasteiger partial charge in [-0.3, -0.25) is 0 Å². The molecule has 0 heterocycles. The molecule has 0 atom stereocenters. The zero-order valence-corrected chi connectivity index (χ0v) is 7.84. The molecule has 0 radical (unpaired) electrons. The van der Waals surface area contributed by atoms with Crippen LogP contribution in [0.1, 0.15) is 19.8 Å². The second-order valence-corrected chi connectivity index (χ2v) is 3.05. The third-order valence-electron chi connectivity index (χ3n) is 2.06. The van der Waals surface area contributed by atoms with Crippen LogP contribution in [0.15, 0.2) is 35.5 Å². The molecule has 12 heavy (non-hydrogen) atoms. The van der Waals surface area contributed by atoms with Gasteiger partial charge in [-0.2, -0.15) is 0 Å². The van der Waals surface area contributed by atoms with Gasteiger partial charge in [0.05, 0.1) is 0 Å². The van der Waals surface area contributed by atoms with Gasteiger partial charge >= 0.3 is 0 Å². The van der Waals surface area contributed by atoms with Crippen molar-refractivity contribution in [3.8, 4) is 0 Å². The van der Waals surface area contributed by atoms with Gasteiger partial charge in [0.25, 0.3) is 0 Å². The monoisotopic (exact) mass is 164 g/mol. The van der Waals surface area contributed by atoms with Crippen LogP contribution in [0.2, 0.25) is 0 Å². The number of hydrogen-bond acceptors (Lipinski definition) is 1. The van der Waals surface area contributed by atoms with E-state index in [1.54, 1.807) is 7.11 Å². The molecule has 1 heteroatoms. The van der Waals surface area contributed by atoms with Crippen LogP contribution in [-0.4, -0.2) is 13.7 Å². The fraction of sp³-hybridized carbons (Fsp3) is 0.455. The van der Waals surface area contributed by atoms with Crippen LogP contribution in [0.4, 0.5) is 0 Å². The Morgan fingerprint density at radius 1 is 1.33 bits per heavy atom. The van der Waals surface area contributed by atoms with Gasteiger partial charge < -0.3 is 4.74 Å². The van der Waals surface area contributed by atoms with Crippen molar-refractivity contribution in [2.75, 3.05) is 13.7 Å². The van der Waals surface area contributed by atoms with Gasteiger partial charge in [-0.1, -0.05) is 29.9 Å². The van der Waals surface area contributed by atoms with E-state index >= 15 is 0 Å². The number of ether oxygens (including phenoxy) is 1. The van der Waals surface area contributed by atoms with E-state index < -0.39 is 0 Å². The van der Waals surface area contributed by atoms with Crippen molar-refractivity contribution in [1.82, 2.24) is 0 Å². The number of allylic oxidation sites excluding steroid dienone is 6. The molecule has 0 amide bonds. The molecule has 0 bridgehead atoms. The predicted molar refractivity (Wildman–Crippen MR) is 52.1 cm³/mol. The molecule has 0 N–H and O–H groups in total. The largest absolute Gasteiger partial charge is 0.385 e. The van der Waals surface area contributed by atoms with E-state index in [4.69, 9.17) is 4.74 Å². The van der Waals surface area contributed by atoms with Gasteiger partial charge in [0, 0.05) is 13.7 Å². The molecule has 0 aliphatic heterocycles. The van der Waals surface area contributed by atoms with Crippen molar-refractivity contribution >= 4 is 0 Å². The van der Waals surface area contributed by atoms with Crippen LogP contribution < -0.4 is 0 Å². The zero-order valence-electron chi connectivity index (χ0n) is 7.84. The Labute approximate surface area is 74.4 Å². The second-order valence-electron chi connectivity index (χ2n) is 3.05. The Bertz CT molecular complexity index is 207. The summed E-state index contributed by atoms with van der Waals surface area (Å²) in [4.78, 5) is 0. The molecule has 0 aromatic carbocycles. The third-order valence-corrected chi connectivity index (χ3v) is 2.06. The summed E-state index contributed by atoms with van der Waals surface area (Å²) in [5.41, 5.74) is 2.82. The highest BCUT2D eigenvalue weighted by molar-refractivity contribution is 5.42. The van der Waals surface area contributed by atoms with E-state index in [9.17, 15) is 0 Å². The first-order valence-electron chi connectivity index (χ1n) is 4.38. The minimum atomic E-state index is 0.859. The predicted octanol–water partition coefficient (Wildman–Crippen LogP) is 2.86. The molecule has 66 valence electrons. The maximum absolute atomic E-state index is 5.00. The highest BCUT2D eigenvalue weighted by Gasteiger charge is 1.98. The molecule has 1 nitrogen and oxygen atoms in total. The van der Waals surface area contributed by atoms with E-state index in [0.717, 1.165) is 19.4 Å². The third kappa shape index (κ3) is 2.67. The molecule has 0 unspecified atom stereocenters. The number of hydrogen-bond donors (Lipinski definition) is 0. The number of methoxy groups -OCH3 is 1. The normalized spacial score (nSPS) is 14.3. The first-order valence-corrected chi connectivity index (χ1v) is 4.38. The van der Waals surface area contributed by atoms with E-state index in [-0.39, 0.29) is 0 Å². The van der Waals surface area contributed by atoms with Crippen molar-refractivity contribution < 1.29 is 4.74 Å². The van der Waals surface area contributed by atoms with Gasteiger partial charge in [0.2, 0.25) is 0 Å². The quantitative estimate of drug-likeness (QED) is 0.580. The Balaban J connectivity index is 2.36. The molecular weight excluding hydrogens is 148 g/mol. The minimum absolute atomic E-state index is 0.859. The average Bonchev–Trinajstić information content (AvgIpc) is 2.56. The lowest BCUT2D eigenvalue weighted by atomic mass is 10.1. The standard InChI is InChI=1S/C11H16O/c1-10(6-5-9-12-2)11-7-3-4-8-11/h3-4,7-8H,5-6,9H2,1-2H3. The molecule has 0 saturated carbocycles. The van der Waals surface area contributed by atoms with Crippen molar-refractivity contribution in [2.24, 2.45) is 0 Å². The first-order chi connectivity index (χ1) is 5.84. The van der Waals surface area contributed by atoms with Gasteiger partial charge in [-0.05, 0) is 25.3 Å². The fourth-order valence-corrected chi connectivity index (χ4v) is 1.28. The summed E-state index contributed by atoms with van der Waals surface area (Å²) in [5, 5.41) is 0. The summed E-state index contributed by atoms with van der Waals surface area (Å²) in [5.74, 6) is 0. The Morgan fingerprint density at radius 2 is 2.00 bits per heavy atom. The highest BCUT2D eigenvalue weighted by Crippen LogP contribution is 2.16. The first kappa shape index (κ1) is 9.27. The SMILES string of the molecule is COCCCC(C)=C1C=CC=C1. The lowest BCUT2D eigenvalue weighted by Crippen LogP contribution is -1.90. The van der Waals surface area contributed by atoms with Crippen molar-refractivity contribution in [2.45, 2.75) is 19.8 Å². The summed E-state index contributed by atoms with van der Waals surface area (Å²) in [6, 6.07) is 0. The van der Waals surface area contributed by atoms with Gasteiger partial charge in [-0.15, -0.1) is 0 Å². The molecule has 0 spiro atoms. The summed E-state index contributed by atoms with van der Waals surface area (Å²) >= 11 is 0. The minimum Gasteiger partial charge on any atom is -0.385 e. The van der Waals surface area contributed by atoms with Crippen LogP contribution in [0.5, 0.6) is 0 Å². The maximum atomic E-state index is 5.00. The molecule has 1 rings (SSSR count). The second kappa shape index (κ2) is 4.94. The lowest BCUT2D eigenvalue weighted by Gasteiger charge is -2.02. The van der Waals surface area contributed by atoms with E-state index in [1.807, 2.05) is 0 Å². The topological polar surface area (TPSA) is 9.23 Å². The molecule has 0 aromatic heterocycles. The van der Waals surface area contributed by atoms with Crippen LogP contribution in [-0.2, 0) is 4.74 Å². The molecule has 0 saturated heterocycles. The van der Waals surface area contributed by atoms with Crippen LogP contribution in [0.3, 0.4) is 0 Å². The number of rotatable bonds is 4. The van der Waals surface area contributed by atoms with Gasteiger partial charge in [0.15, 0.2) is 0 Å². The Kier molecular flexibility index (Phi) is 3.81.